The second kappa shape index (κ2) is 5.97. The van der Waals surface area contributed by atoms with Gasteiger partial charge in [0.15, 0.2) is 0 Å². The molecule has 2 aromatic rings. The van der Waals surface area contributed by atoms with E-state index in [1.807, 2.05) is 39.0 Å². The largest absolute Gasteiger partial charge is 0.488 e. The van der Waals surface area contributed by atoms with Crippen molar-refractivity contribution in [1.29, 1.82) is 0 Å². The highest BCUT2D eigenvalue weighted by Gasteiger charge is 2.31. The number of ether oxygens (including phenoxy) is 1. The van der Waals surface area contributed by atoms with Crippen molar-refractivity contribution in [2.75, 3.05) is 6.61 Å². The minimum absolute atomic E-state index is 0.206. The lowest BCUT2D eigenvalue weighted by molar-refractivity contribution is 0.318. The van der Waals surface area contributed by atoms with Gasteiger partial charge >= 0.3 is 0 Å². The van der Waals surface area contributed by atoms with Crippen LogP contribution < -0.4 is 9.46 Å². The maximum Gasteiger partial charge on any atom is 0.125 e. The summed E-state index contributed by atoms with van der Waals surface area (Å²) in [5.74, 6) is 0.825. The van der Waals surface area contributed by atoms with Gasteiger partial charge in [0.25, 0.3) is 0 Å². The predicted octanol–water partition coefficient (Wildman–Crippen LogP) is 4.04. The Kier molecular flexibility index (Phi) is 4.15. The molecule has 0 saturated heterocycles. The topological polar surface area (TPSA) is 38.3 Å². The number of benzene rings is 2. The zero-order valence-corrected chi connectivity index (χ0v) is 14.5. The molecular weight excluding hydrogens is 306 g/mol. The van der Waals surface area contributed by atoms with Crippen LogP contribution in [0.2, 0.25) is 0 Å². The molecular formula is C19H21NO2S. The molecule has 0 bridgehead atoms. The van der Waals surface area contributed by atoms with Crippen molar-refractivity contribution in [1.82, 2.24) is 4.72 Å². The van der Waals surface area contributed by atoms with Gasteiger partial charge in [0, 0.05) is 11.1 Å². The van der Waals surface area contributed by atoms with Crippen molar-refractivity contribution in [3.05, 3.63) is 59.8 Å². The molecule has 0 fully saturated rings. The molecule has 1 unspecified atom stereocenters. The number of hydrogen-bond acceptors (Lipinski definition) is 2. The average Bonchev–Trinajstić information content (AvgIpc) is 2.53. The average molecular weight is 327 g/mol. The van der Waals surface area contributed by atoms with Crippen LogP contribution in [0.5, 0.6) is 5.75 Å². The van der Waals surface area contributed by atoms with E-state index >= 15 is 0 Å². The van der Waals surface area contributed by atoms with Crippen LogP contribution in [0.15, 0.2) is 54.3 Å². The fourth-order valence-electron chi connectivity index (χ4n) is 2.68. The molecule has 0 amide bonds. The van der Waals surface area contributed by atoms with Gasteiger partial charge in [-0.2, -0.15) is 0 Å². The Balaban J connectivity index is 2.17. The Morgan fingerprint density at radius 1 is 1.26 bits per heavy atom. The van der Waals surface area contributed by atoms with Gasteiger partial charge in [0.2, 0.25) is 0 Å². The van der Waals surface area contributed by atoms with Crippen molar-refractivity contribution in [2.24, 2.45) is 0 Å². The van der Waals surface area contributed by atoms with E-state index in [2.05, 4.69) is 35.2 Å². The van der Waals surface area contributed by atoms with Crippen molar-refractivity contribution in [3.8, 4) is 5.75 Å². The minimum Gasteiger partial charge on any atom is -0.488 e. The van der Waals surface area contributed by atoms with Crippen molar-refractivity contribution < 1.29 is 8.95 Å². The fourth-order valence-corrected chi connectivity index (χ4v) is 3.51. The van der Waals surface area contributed by atoms with Crippen molar-refractivity contribution in [3.63, 3.8) is 0 Å². The van der Waals surface area contributed by atoms with Gasteiger partial charge in [0.05, 0.1) is 21.8 Å². The van der Waals surface area contributed by atoms with E-state index in [-0.39, 0.29) is 10.8 Å². The summed E-state index contributed by atoms with van der Waals surface area (Å²) in [5.41, 5.74) is 4.85. The monoisotopic (exact) mass is 327 g/mol. The molecule has 1 aliphatic heterocycles. The molecule has 4 heteroatoms. The number of nitrogens with one attached hydrogen (secondary N) is 1. The molecule has 23 heavy (non-hydrogen) atoms. The maximum absolute atomic E-state index is 12.6. The van der Waals surface area contributed by atoms with Gasteiger partial charge in [-0.05, 0) is 37.6 Å². The zero-order chi connectivity index (χ0) is 16.6. The molecule has 120 valence electrons. The van der Waals surface area contributed by atoms with Crippen LogP contribution in [0.3, 0.4) is 0 Å². The molecule has 1 aliphatic rings. The van der Waals surface area contributed by atoms with Crippen molar-refractivity contribution in [2.45, 2.75) is 31.6 Å². The fraction of sp³-hybridized carbons (Fsp3) is 0.316. The van der Waals surface area contributed by atoms with Gasteiger partial charge < -0.3 is 4.74 Å². The Morgan fingerprint density at radius 3 is 2.70 bits per heavy atom. The van der Waals surface area contributed by atoms with Crippen LogP contribution >= 0.6 is 0 Å². The first kappa shape index (κ1) is 16.0. The summed E-state index contributed by atoms with van der Waals surface area (Å²) >= 11 is 0. The van der Waals surface area contributed by atoms with Crippen LogP contribution in [0, 0.1) is 0 Å². The zero-order valence-electron chi connectivity index (χ0n) is 13.7. The summed E-state index contributed by atoms with van der Waals surface area (Å²) in [6.07, 6.45) is 0. The van der Waals surface area contributed by atoms with Crippen LogP contribution in [0.25, 0.3) is 10.8 Å². The standard InChI is InChI=1S/C19H21NO2S/c1-5-13-12-22-16-11-10-14-8-6-7-9-15(14)17(16)18(13)20-23(21)19(2,3)4/h6-11,18,20H,1,12H2,2-4H3/t18-,23?/m0/s1. The van der Waals surface area contributed by atoms with E-state index in [9.17, 15) is 4.21 Å². The van der Waals surface area contributed by atoms with E-state index in [0.717, 1.165) is 27.7 Å². The molecule has 0 aliphatic carbocycles. The summed E-state index contributed by atoms with van der Waals surface area (Å²) in [6, 6.07) is 12.0. The first-order valence-corrected chi connectivity index (χ1v) is 8.78. The SMILES string of the molecule is C=C=C1COc2ccc3ccccc3c2[C@H]1NS(=O)C(C)(C)C. The van der Waals surface area contributed by atoms with Crippen LogP contribution in [0.4, 0.5) is 0 Å². The molecule has 0 saturated carbocycles. The summed E-state index contributed by atoms with van der Waals surface area (Å²) in [6.45, 7) is 10.1. The number of fused-ring (bicyclic) bond motifs is 3. The second-order valence-corrected chi connectivity index (χ2v) is 8.62. The summed E-state index contributed by atoms with van der Waals surface area (Å²) in [4.78, 5) is 0. The van der Waals surface area contributed by atoms with Crippen LogP contribution in [-0.4, -0.2) is 15.6 Å². The lowest BCUT2D eigenvalue weighted by atomic mass is 9.92. The molecule has 0 spiro atoms. The molecule has 1 heterocycles. The third kappa shape index (κ3) is 2.98. The second-order valence-electron chi connectivity index (χ2n) is 6.62. The van der Waals surface area contributed by atoms with Crippen LogP contribution in [-0.2, 0) is 11.0 Å². The van der Waals surface area contributed by atoms with Gasteiger partial charge in [-0.15, -0.1) is 5.73 Å². The van der Waals surface area contributed by atoms with Gasteiger partial charge in [0.1, 0.15) is 12.4 Å². The molecule has 3 nitrogen and oxygen atoms in total. The quantitative estimate of drug-likeness (QED) is 0.846. The molecule has 0 aromatic heterocycles. The highest BCUT2D eigenvalue weighted by atomic mass is 32.2. The Labute approximate surface area is 139 Å². The van der Waals surface area contributed by atoms with Gasteiger partial charge in [-0.25, -0.2) is 8.93 Å². The summed E-state index contributed by atoms with van der Waals surface area (Å²) in [5, 5.41) is 2.23. The lowest BCUT2D eigenvalue weighted by Crippen LogP contribution is -2.38. The third-order valence-corrected chi connectivity index (χ3v) is 5.52. The normalized spacial score (nSPS) is 18.9. The highest BCUT2D eigenvalue weighted by molar-refractivity contribution is 7.84. The molecule has 2 atom stereocenters. The third-order valence-electron chi connectivity index (χ3n) is 3.96. The number of rotatable bonds is 2. The van der Waals surface area contributed by atoms with Crippen LogP contribution in [0.1, 0.15) is 32.4 Å². The summed E-state index contributed by atoms with van der Waals surface area (Å²) < 4.78 is 21.4. The first-order chi connectivity index (χ1) is 10.9. The first-order valence-electron chi connectivity index (χ1n) is 7.63. The number of hydrogen-bond donors (Lipinski definition) is 1. The Morgan fingerprint density at radius 2 is 2.00 bits per heavy atom. The summed E-state index contributed by atoms with van der Waals surface area (Å²) in [7, 11) is -1.20. The van der Waals surface area contributed by atoms with E-state index < -0.39 is 11.0 Å². The van der Waals surface area contributed by atoms with E-state index in [4.69, 9.17) is 4.74 Å². The predicted molar refractivity (Wildman–Crippen MR) is 95.9 cm³/mol. The lowest BCUT2D eigenvalue weighted by Gasteiger charge is -2.31. The molecule has 2 aromatic carbocycles. The Hall–Kier alpha value is -1.87. The minimum atomic E-state index is -1.20. The van der Waals surface area contributed by atoms with E-state index in [0.29, 0.717) is 6.61 Å². The van der Waals surface area contributed by atoms with E-state index in [1.165, 1.54) is 0 Å². The maximum atomic E-state index is 12.6. The molecule has 1 N–H and O–H groups in total. The molecule has 0 radical (unpaired) electrons. The van der Waals surface area contributed by atoms with Gasteiger partial charge in [-0.3, -0.25) is 0 Å². The van der Waals surface area contributed by atoms with E-state index in [1.54, 1.807) is 0 Å². The highest BCUT2D eigenvalue weighted by Crippen LogP contribution is 2.40. The van der Waals surface area contributed by atoms with Crippen molar-refractivity contribution >= 4 is 21.8 Å². The van der Waals surface area contributed by atoms with Gasteiger partial charge in [-0.1, -0.05) is 36.9 Å². The molecule has 3 rings (SSSR count). The smallest absolute Gasteiger partial charge is 0.125 e. The Bertz CT molecular complexity index is 829.